The van der Waals surface area contributed by atoms with Crippen molar-refractivity contribution in [1.29, 1.82) is 0 Å². The molecule has 0 aliphatic heterocycles. The number of benzene rings is 2. The van der Waals surface area contributed by atoms with Crippen LogP contribution in [0.1, 0.15) is 12.7 Å². The molecule has 0 fully saturated rings. The van der Waals surface area contributed by atoms with Crippen molar-refractivity contribution in [3.05, 3.63) is 72.7 Å². The molecule has 0 bridgehead atoms. The van der Waals surface area contributed by atoms with E-state index in [0.29, 0.717) is 11.4 Å². The van der Waals surface area contributed by atoms with Crippen LogP contribution in [0.4, 0.5) is 5.69 Å². The molecule has 0 radical (unpaired) electrons. The van der Waals surface area contributed by atoms with Crippen molar-refractivity contribution in [1.82, 2.24) is 20.2 Å². The molecule has 1 heterocycles. The smallest absolute Gasteiger partial charge is 0.192 e. The number of carbonyl (C=O) groups excluding carboxylic acids is 1. The second-order valence-electron chi connectivity index (χ2n) is 4.87. The van der Waals surface area contributed by atoms with Gasteiger partial charge in [0.1, 0.15) is 0 Å². The molecule has 0 unspecified atom stereocenters. The predicted octanol–water partition coefficient (Wildman–Crippen LogP) is 2.70. The Labute approximate surface area is 133 Å². The summed E-state index contributed by atoms with van der Waals surface area (Å²) in [5, 5.41) is 14.8. The van der Waals surface area contributed by atoms with Gasteiger partial charge in [0.2, 0.25) is 0 Å². The summed E-state index contributed by atoms with van der Waals surface area (Å²) in [5.41, 5.74) is 2.08. The Bertz CT molecular complexity index is 824. The molecular formula is C17H15N5O. The SMILES string of the molecule is CC(=O)/C(=C/Nc1ccccc1)c1nnnn1-c1ccccc1. The monoisotopic (exact) mass is 305 g/mol. The highest BCUT2D eigenvalue weighted by molar-refractivity contribution is 6.18. The van der Waals surface area contributed by atoms with Gasteiger partial charge in [-0.2, -0.15) is 4.68 Å². The zero-order chi connectivity index (χ0) is 16.1. The van der Waals surface area contributed by atoms with Crippen LogP contribution in [-0.2, 0) is 4.79 Å². The largest absolute Gasteiger partial charge is 0.361 e. The van der Waals surface area contributed by atoms with E-state index in [1.165, 1.54) is 6.92 Å². The van der Waals surface area contributed by atoms with Crippen molar-refractivity contribution in [3.63, 3.8) is 0 Å². The molecule has 6 nitrogen and oxygen atoms in total. The number of Topliss-reactive ketones (excluding diaryl/α,β-unsaturated/α-hetero) is 1. The summed E-state index contributed by atoms with van der Waals surface area (Å²) in [5.74, 6) is 0.271. The van der Waals surface area contributed by atoms with Crippen LogP contribution in [0, 0.1) is 0 Å². The van der Waals surface area contributed by atoms with Crippen molar-refractivity contribution < 1.29 is 4.79 Å². The zero-order valence-electron chi connectivity index (χ0n) is 12.5. The molecule has 0 spiro atoms. The highest BCUT2D eigenvalue weighted by Crippen LogP contribution is 2.17. The Morgan fingerprint density at radius 3 is 2.35 bits per heavy atom. The standard InChI is InChI=1S/C17H15N5O/c1-13(23)16(12-18-14-8-4-2-5-9-14)17-19-20-21-22(17)15-10-6-3-7-11-15/h2-12,18H,1H3/b16-12-. The number of hydrogen-bond acceptors (Lipinski definition) is 5. The first-order valence-corrected chi connectivity index (χ1v) is 7.12. The Hall–Kier alpha value is -3.28. The van der Waals surface area contributed by atoms with Gasteiger partial charge in [0.15, 0.2) is 11.6 Å². The van der Waals surface area contributed by atoms with Gasteiger partial charge in [0.25, 0.3) is 0 Å². The van der Waals surface area contributed by atoms with Crippen LogP contribution < -0.4 is 5.32 Å². The van der Waals surface area contributed by atoms with Gasteiger partial charge < -0.3 is 5.32 Å². The summed E-state index contributed by atoms with van der Waals surface area (Å²) in [6, 6.07) is 19.0. The number of rotatable bonds is 5. The van der Waals surface area contributed by atoms with E-state index in [9.17, 15) is 4.79 Å². The number of aromatic nitrogens is 4. The lowest BCUT2D eigenvalue weighted by Crippen LogP contribution is -2.08. The van der Waals surface area contributed by atoms with Crippen molar-refractivity contribution in [2.24, 2.45) is 0 Å². The van der Waals surface area contributed by atoms with E-state index in [1.807, 2.05) is 60.7 Å². The van der Waals surface area contributed by atoms with E-state index in [4.69, 9.17) is 0 Å². The maximum Gasteiger partial charge on any atom is 0.192 e. The van der Waals surface area contributed by atoms with Crippen LogP contribution in [-0.4, -0.2) is 26.0 Å². The van der Waals surface area contributed by atoms with E-state index >= 15 is 0 Å². The number of nitrogens with zero attached hydrogens (tertiary/aromatic N) is 4. The van der Waals surface area contributed by atoms with Gasteiger partial charge in [-0.15, -0.1) is 5.10 Å². The summed E-state index contributed by atoms with van der Waals surface area (Å²) < 4.78 is 1.54. The molecule has 0 saturated heterocycles. The molecular weight excluding hydrogens is 290 g/mol. The average Bonchev–Trinajstić information content (AvgIpc) is 3.06. The predicted molar refractivity (Wildman–Crippen MR) is 87.9 cm³/mol. The third-order valence-corrected chi connectivity index (χ3v) is 3.25. The van der Waals surface area contributed by atoms with E-state index < -0.39 is 0 Å². The first-order chi connectivity index (χ1) is 11.3. The van der Waals surface area contributed by atoms with Crippen LogP contribution in [0.3, 0.4) is 0 Å². The fourth-order valence-electron chi connectivity index (χ4n) is 2.11. The van der Waals surface area contributed by atoms with Gasteiger partial charge in [-0.05, 0) is 41.6 Å². The Kier molecular flexibility index (Phi) is 4.24. The summed E-state index contributed by atoms with van der Waals surface area (Å²) in [4.78, 5) is 12.0. The van der Waals surface area contributed by atoms with E-state index in [-0.39, 0.29) is 5.78 Å². The maximum atomic E-state index is 12.0. The first kappa shape index (κ1) is 14.6. The molecule has 3 rings (SSSR count). The summed E-state index contributed by atoms with van der Waals surface area (Å²) >= 11 is 0. The van der Waals surface area contributed by atoms with Crippen molar-refractivity contribution >= 4 is 17.0 Å². The second kappa shape index (κ2) is 6.65. The number of tetrazole rings is 1. The fraction of sp³-hybridized carbons (Fsp3) is 0.0588. The fourth-order valence-corrected chi connectivity index (χ4v) is 2.11. The van der Waals surface area contributed by atoms with Gasteiger partial charge in [0.05, 0.1) is 11.3 Å². The molecule has 0 aliphatic carbocycles. The van der Waals surface area contributed by atoms with Gasteiger partial charge in [-0.3, -0.25) is 4.79 Å². The minimum absolute atomic E-state index is 0.125. The molecule has 114 valence electrons. The average molecular weight is 305 g/mol. The lowest BCUT2D eigenvalue weighted by molar-refractivity contribution is -0.111. The minimum atomic E-state index is -0.125. The third-order valence-electron chi connectivity index (χ3n) is 3.25. The number of ketones is 1. The van der Waals surface area contributed by atoms with Gasteiger partial charge >= 0.3 is 0 Å². The van der Waals surface area contributed by atoms with E-state index in [1.54, 1.807) is 10.9 Å². The number of hydrogen-bond donors (Lipinski definition) is 1. The minimum Gasteiger partial charge on any atom is -0.361 e. The Morgan fingerprint density at radius 1 is 1.04 bits per heavy atom. The third kappa shape index (κ3) is 3.32. The van der Waals surface area contributed by atoms with Crippen LogP contribution in [0.25, 0.3) is 11.3 Å². The molecule has 1 aromatic heterocycles. The van der Waals surface area contributed by atoms with Gasteiger partial charge in [-0.1, -0.05) is 36.4 Å². The molecule has 2 aromatic carbocycles. The summed E-state index contributed by atoms with van der Waals surface area (Å²) in [6.07, 6.45) is 1.63. The highest BCUT2D eigenvalue weighted by Gasteiger charge is 2.17. The number of para-hydroxylation sites is 2. The lowest BCUT2D eigenvalue weighted by Gasteiger charge is -2.07. The summed E-state index contributed by atoms with van der Waals surface area (Å²) in [7, 11) is 0. The normalized spacial score (nSPS) is 11.3. The number of nitrogens with one attached hydrogen (secondary N) is 1. The topological polar surface area (TPSA) is 72.7 Å². The van der Waals surface area contributed by atoms with Crippen molar-refractivity contribution in [3.8, 4) is 5.69 Å². The molecule has 0 atom stereocenters. The summed E-state index contributed by atoms with van der Waals surface area (Å²) in [6.45, 7) is 1.49. The molecule has 1 N–H and O–H groups in total. The lowest BCUT2D eigenvalue weighted by atomic mass is 10.2. The van der Waals surface area contributed by atoms with Gasteiger partial charge in [-0.25, -0.2) is 0 Å². The highest BCUT2D eigenvalue weighted by atomic mass is 16.1. The molecule has 23 heavy (non-hydrogen) atoms. The molecule has 6 heteroatoms. The molecule has 0 saturated carbocycles. The first-order valence-electron chi connectivity index (χ1n) is 7.12. The van der Waals surface area contributed by atoms with Crippen LogP contribution >= 0.6 is 0 Å². The second-order valence-corrected chi connectivity index (χ2v) is 4.87. The van der Waals surface area contributed by atoms with Gasteiger partial charge in [0, 0.05) is 11.9 Å². The molecule has 0 amide bonds. The van der Waals surface area contributed by atoms with E-state index in [2.05, 4.69) is 20.8 Å². The molecule has 3 aromatic rings. The van der Waals surface area contributed by atoms with E-state index in [0.717, 1.165) is 11.4 Å². The Morgan fingerprint density at radius 2 is 1.70 bits per heavy atom. The van der Waals surface area contributed by atoms with Crippen LogP contribution in [0.5, 0.6) is 0 Å². The molecule has 0 aliphatic rings. The number of allylic oxidation sites excluding steroid dienone is 1. The Balaban J connectivity index is 1.97. The van der Waals surface area contributed by atoms with Crippen molar-refractivity contribution in [2.75, 3.05) is 5.32 Å². The number of carbonyl (C=O) groups is 1. The van der Waals surface area contributed by atoms with Crippen LogP contribution in [0.15, 0.2) is 66.9 Å². The quantitative estimate of drug-likeness (QED) is 0.734. The number of anilines is 1. The zero-order valence-corrected chi connectivity index (χ0v) is 12.5. The maximum absolute atomic E-state index is 12.0. The van der Waals surface area contributed by atoms with Crippen molar-refractivity contribution in [2.45, 2.75) is 6.92 Å². The van der Waals surface area contributed by atoms with Crippen LogP contribution in [0.2, 0.25) is 0 Å².